The summed E-state index contributed by atoms with van der Waals surface area (Å²) in [6.07, 6.45) is 4.21. The lowest BCUT2D eigenvalue weighted by molar-refractivity contribution is -0.142. The number of hydrogen-bond acceptors (Lipinski definition) is 3. The third kappa shape index (κ3) is 6.04. The van der Waals surface area contributed by atoms with Crippen LogP contribution >= 0.6 is 0 Å². The van der Waals surface area contributed by atoms with Crippen molar-refractivity contribution in [3.8, 4) is 5.75 Å². The number of halogens is 1. The van der Waals surface area contributed by atoms with Gasteiger partial charge in [-0.05, 0) is 49.6 Å². The van der Waals surface area contributed by atoms with Gasteiger partial charge in [0.25, 0.3) is 5.91 Å². The smallest absolute Gasteiger partial charge is 0.261 e. The normalized spacial score (nSPS) is 15.0. The second-order valence-electron chi connectivity index (χ2n) is 7.42. The minimum Gasteiger partial charge on any atom is -0.484 e. The predicted octanol–water partition coefficient (Wildman–Crippen LogP) is 3.68. The Morgan fingerprint density at radius 1 is 1.10 bits per heavy atom. The van der Waals surface area contributed by atoms with E-state index in [2.05, 4.69) is 5.32 Å². The van der Waals surface area contributed by atoms with Crippen LogP contribution in [-0.4, -0.2) is 35.4 Å². The zero-order valence-corrected chi connectivity index (χ0v) is 16.6. The van der Waals surface area contributed by atoms with Gasteiger partial charge < -0.3 is 15.0 Å². The highest BCUT2D eigenvalue weighted by Gasteiger charge is 2.28. The molecule has 29 heavy (non-hydrogen) atoms. The van der Waals surface area contributed by atoms with Crippen molar-refractivity contribution in [2.24, 2.45) is 0 Å². The molecule has 2 aromatic carbocycles. The third-order valence-electron chi connectivity index (χ3n) is 5.24. The highest BCUT2D eigenvalue weighted by atomic mass is 19.1. The monoisotopic (exact) mass is 398 g/mol. The Balaban J connectivity index is 1.67. The lowest BCUT2D eigenvalue weighted by Crippen LogP contribution is -2.50. The molecule has 0 spiro atoms. The van der Waals surface area contributed by atoms with E-state index >= 15 is 0 Å². The fourth-order valence-electron chi connectivity index (χ4n) is 3.51. The van der Waals surface area contributed by atoms with Crippen LogP contribution in [0.4, 0.5) is 4.39 Å². The summed E-state index contributed by atoms with van der Waals surface area (Å²) in [6, 6.07) is 14.6. The summed E-state index contributed by atoms with van der Waals surface area (Å²) in [4.78, 5) is 27.2. The van der Waals surface area contributed by atoms with E-state index in [0.29, 0.717) is 12.3 Å². The van der Waals surface area contributed by atoms with Crippen LogP contribution in [0.2, 0.25) is 0 Å². The van der Waals surface area contributed by atoms with Gasteiger partial charge in [0.2, 0.25) is 5.91 Å². The van der Waals surface area contributed by atoms with Gasteiger partial charge >= 0.3 is 0 Å². The molecule has 0 heterocycles. The molecule has 1 fully saturated rings. The second kappa shape index (κ2) is 10.0. The molecule has 2 amide bonds. The number of nitrogens with one attached hydrogen (secondary N) is 1. The Bertz CT molecular complexity index is 805. The summed E-state index contributed by atoms with van der Waals surface area (Å²) in [5.74, 6) is -0.413. The first kappa shape index (κ1) is 20.8. The lowest BCUT2D eigenvalue weighted by Gasteiger charge is -2.29. The van der Waals surface area contributed by atoms with Crippen molar-refractivity contribution in [3.63, 3.8) is 0 Å². The van der Waals surface area contributed by atoms with E-state index < -0.39 is 6.04 Å². The number of hydrogen-bond donors (Lipinski definition) is 1. The summed E-state index contributed by atoms with van der Waals surface area (Å²) in [5, 5.41) is 3.06. The molecule has 0 aromatic heterocycles. The Kier molecular flexibility index (Phi) is 7.22. The molecule has 0 aliphatic heterocycles. The Morgan fingerprint density at radius 2 is 1.76 bits per heavy atom. The number of benzene rings is 2. The number of nitrogens with zero attached hydrogens (tertiary/aromatic N) is 1. The molecule has 1 atom stereocenters. The quantitative estimate of drug-likeness (QED) is 0.738. The zero-order chi connectivity index (χ0) is 20.6. The highest BCUT2D eigenvalue weighted by Crippen LogP contribution is 2.19. The maximum Gasteiger partial charge on any atom is 0.261 e. The van der Waals surface area contributed by atoms with Crippen LogP contribution in [0.3, 0.4) is 0 Å². The van der Waals surface area contributed by atoms with Crippen molar-refractivity contribution < 1.29 is 18.7 Å². The first-order valence-electron chi connectivity index (χ1n) is 10.0. The number of rotatable bonds is 8. The minimum absolute atomic E-state index is 0.150. The molecule has 1 N–H and O–H groups in total. The summed E-state index contributed by atoms with van der Waals surface area (Å²) in [7, 11) is 0. The second-order valence-corrected chi connectivity index (χ2v) is 7.42. The zero-order valence-electron chi connectivity index (χ0n) is 16.6. The molecule has 0 radical (unpaired) electrons. The Hall–Kier alpha value is -2.89. The predicted molar refractivity (Wildman–Crippen MR) is 109 cm³/mol. The van der Waals surface area contributed by atoms with Crippen LogP contribution in [-0.2, 0) is 16.1 Å². The Morgan fingerprint density at radius 3 is 2.41 bits per heavy atom. The summed E-state index contributed by atoms with van der Waals surface area (Å²) in [6.45, 7) is 1.83. The topological polar surface area (TPSA) is 58.6 Å². The standard InChI is InChI=1S/C23H27FN2O3/c1-17(23(28)25-20-9-5-6-10-20)26(15-18-7-3-2-4-8-18)22(27)16-29-21-13-11-19(24)12-14-21/h2-4,7-8,11-14,17,20H,5-6,9-10,15-16H2,1H3,(H,25,28). The largest absolute Gasteiger partial charge is 0.484 e. The maximum absolute atomic E-state index is 13.0. The van der Waals surface area contributed by atoms with Gasteiger partial charge in [-0.2, -0.15) is 0 Å². The number of ether oxygens (including phenoxy) is 1. The van der Waals surface area contributed by atoms with Crippen LogP contribution in [0.1, 0.15) is 38.2 Å². The molecule has 1 unspecified atom stereocenters. The molecule has 0 bridgehead atoms. The summed E-state index contributed by atoms with van der Waals surface area (Å²) >= 11 is 0. The van der Waals surface area contributed by atoms with Gasteiger partial charge in [0.15, 0.2) is 6.61 Å². The van der Waals surface area contributed by atoms with Crippen molar-refractivity contribution >= 4 is 11.8 Å². The Labute approximate surface area is 170 Å². The summed E-state index contributed by atoms with van der Waals surface area (Å²) in [5.41, 5.74) is 0.933. The van der Waals surface area contributed by atoms with Crippen LogP contribution < -0.4 is 10.1 Å². The molecule has 1 saturated carbocycles. The third-order valence-corrected chi connectivity index (χ3v) is 5.24. The van der Waals surface area contributed by atoms with Crippen molar-refractivity contribution in [1.29, 1.82) is 0 Å². The van der Waals surface area contributed by atoms with E-state index in [9.17, 15) is 14.0 Å². The van der Waals surface area contributed by atoms with Crippen LogP contribution in [0.25, 0.3) is 0 Å². The first-order valence-corrected chi connectivity index (χ1v) is 10.0. The van der Waals surface area contributed by atoms with Crippen LogP contribution in [0.5, 0.6) is 5.75 Å². The van der Waals surface area contributed by atoms with Gasteiger partial charge in [0.1, 0.15) is 17.6 Å². The molecule has 1 aliphatic carbocycles. The van der Waals surface area contributed by atoms with Crippen molar-refractivity contribution in [3.05, 3.63) is 66.0 Å². The molecule has 1 aliphatic rings. The average molecular weight is 398 g/mol. The molecule has 0 saturated heterocycles. The van der Waals surface area contributed by atoms with E-state index in [1.165, 1.54) is 29.2 Å². The van der Waals surface area contributed by atoms with Gasteiger partial charge in [-0.25, -0.2) is 4.39 Å². The van der Waals surface area contributed by atoms with Crippen molar-refractivity contribution in [2.75, 3.05) is 6.61 Å². The van der Waals surface area contributed by atoms with E-state index in [0.717, 1.165) is 31.2 Å². The molecular formula is C23H27FN2O3. The number of amides is 2. The molecule has 2 aromatic rings. The molecular weight excluding hydrogens is 371 g/mol. The lowest BCUT2D eigenvalue weighted by atomic mass is 10.1. The maximum atomic E-state index is 13.0. The van der Waals surface area contributed by atoms with Crippen molar-refractivity contribution in [2.45, 2.75) is 51.2 Å². The van der Waals surface area contributed by atoms with Crippen molar-refractivity contribution in [1.82, 2.24) is 10.2 Å². The molecule has 5 nitrogen and oxygen atoms in total. The van der Waals surface area contributed by atoms with E-state index in [1.807, 2.05) is 30.3 Å². The van der Waals surface area contributed by atoms with Gasteiger partial charge in [0.05, 0.1) is 0 Å². The molecule has 3 rings (SSSR count). The number of carbonyl (C=O) groups is 2. The van der Waals surface area contributed by atoms with E-state index in [4.69, 9.17) is 4.74 Å². The minimum atomic E-state index is -0.625. The van der Waals surface area contributed by atoms with E-state index in [-0.39, 0.29) is 30.3 Å². The average Bonchev–Trinajstić information content (AvgIpc) is 3.24. The SMILES string of the molecule is CC(C(=O)NC1CCCC1)N(Cc1ccccc1)C(=O)COc1ccc(F)cc1. The highest BCUT2D eigenvalue weighted by molar-refractivity contribution is 5.88. The molecule has 6 heteroatoms. The van der Waals surface area contributed by atoms with Gasteiger partial charge in [-0.3, -0.25) is 9.59 Å². The first-order chi connectivity index (χ1) is 14.0. The van der Waals surface area contributed by atoms with Gasteiger partial charge in [-0.1, -0.05) is 43.2 Å². The summed E-state index contributed by atoms with van der Waals surface area (Å²) < 4.78 is 18.6. The fourth-order valence-corrected chi connectivity index (χ4v) is 3.51. The van der Waals surface area contributed by atoms with Crippen LogP contribution in [0.15, 0.2) is 54.6 Å². The molecule has 154 valence electrons. The van der Waals surface area contributed by atoms with Gasteiger partial charge in [-0.15, -0.1) is 0 Å². The van der Waals surface area contributed by atoms with Gasteiger partial charge in [0, 0.05) is 12.6 Å². The van der Waals surface area contributed by atoms with E-state index in [1.54, 1.807) is 6.92 Å². The number of carbonyl (C=O) groups excluding carboxylic acids is 2. The van der Waals surface area contributed by atoms with Crippen LogP contribution in [0, 0.1) is 5.82 Å². The fraction of sp³-hybridized carbons (Fsp3) is 0.391.